The van der Waals surface area contributed by atoms with Crippen LogP contribution < -0.4 is 14.8 Å². The van der Waals surface area contributed by atoms with Crippen molar-refractivity contribution in [3.63, 3.8) is 0 Å². The Bertz CT molecular complexity index is 421. The number of anilines is 1. The molecule has 0 aliphatic heterocycles. The SMILES string of the molecule is CCCCC(=O)Nc1cc(Cl)c(OC)cc1OC. The first-order valence-electron chi connectivity index (χ1n) is 5.83. The maximum Gasteiger partial charge on any atom is 0.224 e. The van der Waals surface area contributed by atoms with Gasteiger partial charge in [-0.25, -0.2) is 0 Å². The Morgan fingerprint density at radius 3 is 2.50 bits per heavy atom. The molecule has 0 fully saturated rings. The van der Waals surface area contributed by atoms with E-state index in [-0.39, 0.29) is 5.91 Å². The quantitative estimate of drug-likeness (QED) is 0.862. The third-order valence-corrected chi connectivity index (χ3v) is 2.80. The summed E-state index contributed by atoms with van der Waals surface area (Å²) in [5.74, 6) is 0.998. The van der Waals surface area contributed by atoms with E-state index in [9.17, 15) is 4.79 Å². The second-order valence-electron chi connectivity index (χ2n) is 3.84. The van der Waals surface area contributed by atoms with Crippen LogP contribution in [0.3, 0.4) is 0 Å². The number of hydrogen-bond donors (Lipinski definition) is 1. The first-order chi connectivity index (χ1) is 8.62. The van der Waals surface area contributed by atoms with Gasteiger partial charge in [-0.15, -0.1) is 0 Å². The Morgan fingerprint density at radius 1 is 1.28 bits per heavy atom. The number of carbonyl (C=O) groups excluding carboxylic acids is 1. The van der Waals surface area contributed by atoms with Gasteiger partial charge >= 0.3 is 0 Å². The molecule has 1 aromatic carbocycles. The van der Waals surface area contributed by atoms with E-state index in [0.717, 1.165) is 12.8 Å². The smallest absolute Gasteiger partial charge is 0.224 e. The molecule has 1 rings (SSSR count). The molecule has 0 aliphatic carbocycles. The van der Waals surface area contributed by atoms with Crippen LogP contribution >= 0.6 is 11.6 Å². The molecule has 0 aromatic heterocycles. The van der Waals surface area contributed by atoms with Gasteiger partial charge in [0, 0.05) is 12.5 Å². The summed E-state index contributed by atoms with van der Waals surface area (Å²) < 4.78 is 10.3. The highest BCUT2D eigenvalue weighted by molar-refractivity contribution is 6.32. The summed E-state index contributed by atoms with van der Waals surface area (Å²) in [6, 6.07) is 3.28. The second kappa shape index (κ2) is 7.11. The van der Waals surface area contributed by atoms with Crippen LogP contribution in [0.1, 0.15) is 26.2 Å². The van der Waals surface area contributed by atoms with Gasteiger partial charge in [0.15, 0.2) is 0 Å². The predicted octanol–water partition coefficient (Wildman–Crippen LogP) is 3.49. The molecule has 0 heterocycles. The average Bonchev–Trinajstić information content (AvgIpc) is 2.36. The normalized spacial score (nSPS) is 10.0. The number of halogens is 1. The summed E-state index contributed by atoms with van der Waals surface area (Å²) in [6.45, 7) is 2.04. The van der Waals surface area contributed by atoms with Crippen LogP contribution in [0.4, 0.5) is 5.69 Å². The van der Waals surface area contributed by atoms with E-state index < -0.39 is 0 Å². The van der Waals surface area contributed by atoms with Crippen molar-refractivity contribution in [3.8, 4) is 11.5 Å². The lowest BCUT2D eigenvalue weighted by molar-refractivity contribution is -0.116. The van der Waals surface area contributed by atoms with E-state index in [0.29, 0.717) is 28.6 Å². The maximum atomic E-state index is 11.7. The molecule has 4 nitrogen and oxygen atoms in total. The van der Waals surface area contributed by atoms with Gasteiger partial charge in [-0.05, 0) is 12.5 Å². The fourth-order valence-electron chi connectivity index (χ4n) is 1.51. The molecule has 0 atom stereocenters. The third kappa shape index (κ3) is 3.81. The molecule has 18 heavy (non-hydrogen) atoms. The molecule has 1 amide bonds. The molecular weight excluding hydrogens is 254 g/mol. The molecule has 0 aliphatic rings. The van der Waals surface area contributed by atoms with Gasteiger partial charge in [-0.3, -0.25) is 4.79 Å². The zero-order chi connectivity index (χ0) is 13.5. The number of rotatable bonds is 6. The number of ether oxygens (including phenoxy) is 2. The molecule has 100 valence electrons. The summed E-state index contributed by atoms with van der Waals surface area (Å²) in [7, 11) is 3.06. The minimum absolute atomic E-state index is 0.0450. The minimum Gasteiger partial charge on any atom is -0.495 e. The van der Waals surface area contributed by atoms with E-state index in [2.05, 4.69) is 5.32 Å². The topological polar surface area (TPSA) is 47.6 Å². The first-order valence-corrected chi connectivity index (χ1v) is 6.21. The molecule has 0 saturated carbocycles. The fraction of sp³-hybridized carbons (Fsp3) is 0.462. The average molecular weight is 272 g/mol. The van der Waals surface area contributed by atoms with E-state index in [4.69, 9.17) is 21.1 Å². The Hall–Kier alpha value is -1.42. The van der Waals surface area contributed by atoms with Crippen molar-refractivity contribution in [1.82, 2.24) is 0 Å². The molecule has 0 spiro atoms. The van der Waals surface area contributed by atoms with Crippen molar-refractivity contribution in [1.29, 1.82) is 0 Å². The van der Waals surface area contributed by atoms with Crippen molar-refractivity contribution in [3.05, 3.63) is 17.2 Å². The zero-order valence-corrected chi connectivity index (χ0v) is 11.6. The molecule has 0 unspecified atom stereocenters. The van der Waals surface area contributed by atoms with Gasteiger partial charge in [0.05, 0.1) is 24.9 Å². The van der Waals surface area contributed by atoms with Gasteiger partial charge < -0.3 is 14.8 Å². The number of hydrogen-bond acceptors (Lipinski definition) is 3. The summed E-state index contributed by atoms with van der Waals surface area (Å²) in [5.41, 5.74) is 0.560. The van der Waals surface area contributed by atoms with Crippen molar-refractivity contribution in [2.75, 3.05) is 19.5 Å². The molecule has 0 radical (unpaired) electrons. The van der Waals surface area contributed by atoms with Crippen molar-refractivity contribution in [2.24, 2.45) is 0 Å². The Balaban J connectivity index is 2.87. The highest BCUT2D eigenvalue weighted by Gasteiger charge is 2.12. The van der Waals surface area contributed by atoms with Crippen LogP contribution in [-0.2, 0) is 4.79 Å². The Labute approximate surface area is 112 Å². The van der Waals surface area contributed by atoms with Gasteiger partial charge in [0.2, 0.25) is 5.91 Å². The van der Waals surface area contributed by atoms with Gasteiger partial charge in [-0.1, -0.05) is 24.9 Å². The van der Waals surface area contributed by atoms with Crippen LogP contribution in [0.2, 0.25) is 5.02 Å². The third-order valence-electron chi connectivity index (χ3n) is 2.51. The van der Waals surface area contributed by atoms with E-state index >= 15 is 0 Å². The van der Waals surface area contributed by atoms with Gasteiger partial charge in [-0.2, -0.15) is 0 Å². The van der Waals surface area contributed by atoms with E-state index in [1.54, 1.807) is 12.1 Å². The zero-order valence-electron chi connectivity index (χ0n) is 10.9. The van der Waals surface area contributed by atoms with Crippen molar-refractivity contribution >= 4 is 23.2 Å². The number of benzene rings is 1. The summed E-state index contributed by atoms with van der Waals surface area (Å²) in [4.78, 5) is 11.7. The van der Waals surface area contributed by atoms with Crippen molar-refractivity contribution in [2.45, 2.75) is 26.2 Å². The lowest BCUT2D eigenvalue weighted by Gasteiger charge is -2.12. The van der Waals surface area contributed by atoms with Crippen LogP contribution in [-0.4, -0.2) is 20.1 Å². The minimum atomic E-state index is -0.0450. The highest BCUT2D eigenvalue weighted by atomic mass is 35.5. The monoisotopic (exact) mass is 271 g/mol. The molecule has 0 saturated heterocycles. The standard InChI is InChI=1S/C13H18ClNO3/c1-4-5-6-13(16)15-10-7-9(14)11(17-2)8-12(10)18-3/h7-8H,4-6H2,1-3H3,(H,15,16). The van der Waals surface area contributed by atoms with Gasteiger partial charge in [0.25, 0.3) is 0 Å². The maximum absolute atomic E-state index is 11.7. The lowest BCUT2D eigenvalue weighted by Crippen LogP contribution is -2.12. The molecule has 1 aromatic rings. The Kier molecular flexibility index (Phi) is 5.78. The number of methoxy groups -OCH3 is 2. The van der Waals surface area contributed by atoms with Crippen molar-refractivity contribution < 1.29 is 14.3 Å². The number of unbranched alkanes of at least 4 members (excludes halogenated alkanes) is 1. The predicted molar refractivity (Wildman–Crippen MR) is 72.7 cm³/mol. The fourth-order valence-corrected chi connectivity index (χ4v) is 1.75. The molecule has 1 N–H and O–H groups in total. The van der Waals surface area contributed by atoms with Crippen LogP contribution in [0, 0.1) is 0 Å². The number of amides is 1. The van der Waals surface area contributed by atoms with Crippen LogP contribution in [0.15, 0.2) is 12.1 Å². The molecule has 5 heteroatoms. The van der Waals surface area contributed by atoms with Gasteiger partial charge in [0.1, 0.15) is 11.5 Å². The summed E-state index contributed by atoms with van der Waals surface area (Å²) >= 11 is 6.01. The van der Waals surface area contributed by atoms with Crippen LogP contribution in [0.5, 0.6) is 11.5 Å². The number of nitrogens with one attached hydrogen (secondary N) is 1. The van der Waals surface area contributed by atoms with Crippen LogP contribution in [0.25, 0.3) is 0 Å². The van der Waals surface area contributed by atoms with E-state index in [1.807, 2.05) is 6.92 Å². The largest absolute Gasteiger partial charge is 0.495 e. The highest BCUT2D eigenvalue weighted by Crippen LogP contribution is 2.35. The molecular formula is C13H18ClNO3. The lowest BCUT2D eigenvalue weighted by atomic mass is 10.2. The summed E-state index contributed by atoms with van der Waals surface area (Å²) in [6.07, 6.45) is 2.33. The van der Waals surface area contributed by atoms with E-state index in [1.165, 1.54) is 14.2 Å². The summed E-state index contributed by atoms with van der Waals surface area (Å²) in [5, 5.41) is 3.22. The number of carbonyl (C=O) groups is 1. The second-order valence-corrected chi connectivity index (χ2v) is 4.25. The molecule has 0 bridgehead atoms. The Morgan fingerprint density at radius 2 is 1.94 bits per heavy atom. The first kappa shape index (κ1) is 14.6.